The molecule has 1 aromatic rings. The van der Waals surface area contributed by atoms with E-state index in [-0.39, 0.29) is 36.5 Å². The zero-order valence-electron chi connectivity index (χ0n) is 26.4. The second-order valence-electron chi connectivity index (χ2n) is 11.6. The van der Waals surface area contributed by atoms with E-state index in [0.29, 0.717) is 18.4 Å². The zero-order valence-corrected chi connectivity index (χ0v) is 26.4. The number of nitrogens with two attached hydrogens (primary N) is 1. The van der Waals surface area contributed by atoms with Gasteiger partial charge in [0.1, 0.15) is 36.1 Å². The third-order valence-corrected chi connectivity index (χ3v) is 6.55. The van der Waals surface area contributed by atoms with Crippen LogP contribution in [0.2, 0.25) is 0 Å². The first kappa shape index (κ1) is 36.5. The van der Waals surface area contributed by atoms with Crippen LogP contribution in [0, 0.1) is 5.92 Å². The fraction of sp³-hybridized carbons (Fsp3) is 0.667. The van der Waals surface area contributed by atoms with Crippen molar-refractivity contribution in [3.8, 4) is 11.5 Å². The first-order valence-electron chi connectivity index (χ1n) is 14.1. The lowest BCUT2D eigenvalue weighted by Crippen LogP contribution is -2.37. The molecule has 1 rings (SSSR count). The molecule has 0 radical (unpaired) electrons. The molecule has 0 spiro atoms. The first-order chi connectivity index (χ1) is 19.4. The van der Waals surface area contributed by atoms with Crippen LogP contribution in [0.5, 0.6) is 11.5 Å². The predicted molar refractivity (Wildman–Crippen MR) is 153 cm³/mol. The van der Waals surface area contributed by atoms with Gasteiger partial charge in [-0.05, 0) is 84.4 Å². The van der Waals surface area contributed by atoms with Crippen molar-refractivity contribution in [2.75, 3.05) is 6.61 Å². The molecule has 0 saturated heterocycles. The van der Waals surface area contributed by atoms with Gasteiger partial charge in [0.2, 0.25) is 0 Å². The Morgan fingerprint density at radius 3 is 1.81 bits per heavy atom. The van der Waals surface area contributed by atoms with Gasteiger partial charge in [-0.3, -0.25) is 4.79 Å². The Bertz CT molecular complexity index is 1070. The lowest BCUT2D eigenvalue weighted by atomic mass is 10.1. The summed E-state index contributed by atoms with van der Waals surface area (Å²) in [6.45, 7) is 17.5. The van der Waals surface area contributed by atoms with E-state index in [1.807, 2.05) is 27.7 Å². The maximum atomic E-state index is 12.6. The van der Waals surface area contributed by atoms with E-state index >= 15 is 0 Å². The lowest BCUT2D eigenvalue weighted by molar-refractivity contribution is -0.152. The Balaban J connectivity index is 2.95. The SMILES string of the molecule is CCC(C)(C)OC(=O)Oc1ccc(C[C@H](N)C(=O)O[C@@H](C)COC(=O)OC(C)C(C)C)cc1OC(=O)OC(C)(C)CC. The van der Waals surface area contributed by atoms with Gasteiger partial charge in [-0.1, -0.05) is 33.8 Å². The maximum absolute atomic E-state index is 12.6. The molecule has 0 saturated carbocycles. The van der Waals surface area contributed by atoms with Gasteiger partial charge in [0.25, 0.3) is 0 Å². The number of carbonyl (C=O) groups is 4. The van der Waals surface area contributed by atoms with Crippen LogP contribution in [-0.2, 0) is 34.9 Å². The van der Waals surface area contributed by atoms with E-state index in [1.54, 1.807) is 47.6 Å². The van der Waals surface area contributed by atoms with Gasteiger partial charge in [0.05, 0.1) is 0 Å². The van der Waals surface area contributed by atoms with Gasteiger partial charge in [0.15, 0.2) is 11.5 Å². The average molecular weight is 598 g/mol. The van der Waals surface area contributed by atoms with Crippen molar-refractivity contribution in [1.29, 1.82) is 0 Å². The smallest absolute Gasteiger partial charge is 0.458 e. The summed E-state index contributed by atoms with van der Waals surface area (Å²) in [5, 5.41) is 0. The van der Waals surface area contributed by atoms with Crippen molar-refractivity contribution in [3.05, 3.63) is 23.8 Å². The number of rotatable bonds is 14. The van der Waals surface area contributed by atoms with Crippen molar-refractivity contribution >= 4 is 24.4 Å². The summed E-state index contributed by atoms with van der Waals surface area (Å²) in [6.07, 6.45) is -2.91. The third-order valence-electron chi connectivity index (χ3n) is 6.55. The number of hydrogen-bond acceptors (Lipinski definition) is 12. The summed E-state index contributed by atoms with van der Waals surface area (Å²) in [6, 6.07) is 3.23. The number of carbonyl (C=O) groups excluding carboxylic acids is 4. The number of esters is 1. The molecule has 0 aromatic heterocycles. The quantitative estimate of drug-likeness (QED) is 0.149. The zero-order chi connectivity index (χ0) is 32.3. The van der Waals surface area contributed by atoms with Crippen LogP contribution in [-0.4, -0.2) is 60.5 Å². The predicted octanol–water partition coefficient (Wildman–Crippen LogP) is 6.09. The molecule has 0 fully saturated rings. The fourth-order valence-corrected chi connectivity index (χ4v) is 2.82. The summed E-state index contributed by atoms with van der Waals surface area (Å²) in [7, 11) is 0. The van der Waals surface area contributed by atoms with E-state index in [0.717, 1.165) is 0 Å². The molecule has 238 valence electrons. The monoisotopic (exact) mass is 597 g/mol. The molecule has 0 aliphatic heterocycles. The largest absolute Gasteiger partial charge is 0.514 e. The molecule has 2 N–H and O–H groups in total. The van der Waals surface area contributed by atoms with Gasteiger partial charge >= 0.3 is 24.4 Å². The number of hydrogen-bond donors (Lipinski definition) is 1. The number of ether oxygens (including phenoxy) is 7. The molecule has 0 aliphatic carbocycles. The maximum Gasteiger partial charge on any atom is 0.514 e. The highest BCUT2D eigenvalue weighted by molar-refractivity contribution is 5.76. The van der Waals surface area contributed by atoms with Crippen molar-refractivity contribution in [1.82, 2.24) is 0 Å². The van der Waals surface area contributed by atoms with Crippen molar-refractivity contribution in [2.45, 2.75) is 118 Å². The van der Waals surface area contributed by atoms with E-state index in [1.165, 1.54) is 12.1 Å². The molecule has 1 aromatic carbocycles. The van der Waals surface area contributed by atoms with Crippen LogP contribution in [0.3, 0.4) is 0 Å². The van der Waals surface area contributed by atoms with Gasteiger partial charge < -0.3 is 38.9 Å². The molecule has 0 heterocycles. The standard InChI is InChI=1S/C30H47NO11/c1-11-29(7,8)41-27(34)39-23-14-13-21(16-24(23)40-28(35)42-30(9,10)12-2)15-22(31)25(32)37-19(5)17-36-26(33)38-20(6)18(3)4/h13-14,16,18-20,22H,11-12,15,17,31H2,1-10H3/t19-,20?,22-/m0/s1. The lowest BCUT2D eigenvalue weighted by Gasteiger charge is -2.24. The van der Waals surface area contributed by atoms with Gasteiger partial charge in [-0.2, -0.15) is 0 Å². The Kier molecular flexibility index (Phi) is 14.1. The highest BCUT2D eigenvalue weighted by atomic mass is 16.8. The Morgan fingerprint density at radius 1 is 0.786 bits per heavy atom. The van der Waals surface area contributed by atoms with Crippen LogP contribution in [0.1, 0.15) is 87.6 Å². The molecular formula is C30H47NO11. The van der Waals surface area contributed by atoms with Gasteiger partial charge in [-0.25, -0.2) is 14.4 Å². The topological polar surface area (TPSA) is 159 Å². The van der Waals surface area contributed by atoms with Gasteiger partial charge in [0, 0.05) is 0 Å². The normalized spacial score (nSPS) is 13.8. The van der Waals surface area contributed by atoms with Gasteiger partial charge in [-0.15, -0.1) is 0 Å². The Labute approximate surface area is 248 Å². The Hall–Kier alpha value is -3.54. The summed E-state index contributed by atoms with van der Waals surface area (Å²) >= 11 is 0. The molecule has 42 heavy (non-hydrogen) atoms. The third kappa shape index (κ3) is 13.4. The highest BCUT2D eigenvalue weighted by Crippen LogP contribution is 2.31. The molecule has 1 unspecified atom stereocenters. The molecule has 0 aliphatic rings. The van der Waals surface area contributed by atoms with E-state index in [9.17, 15) is 19.2 Å². The molecule has 12 nitrogen and oxygen atoms in total. The van der Waals surface area contributed by atoms with Crippen molar-refractivity contribution in [2.24, 2.45) is 11.7 Å². The van der Waals surface area contributed by atoms with Crippen LogP contribution in [0.4, 0.5) is 14.4 Å². The molecule has 0 amide bonds. The summed E-state index contributed by atoms with van der Waals surface area (Å²) < 4.78 is 36.8. The molecule has 0 bridgehead atoms. The van der Waals surface area contributed by atoms with Crippen LogP contribution in [0.15, 0.2) is 18.2 Å². The van der Waals surface area contributed by atoms with Crippen LogP contribution in [0.25, 0.3) is 0 Å². The minimum atomic E-state index is -1.11. The van der Waals surface area contributed by atoms with E-state index in [4.69, 9.17) is 38.9 Å². The second-order valence-corrected chi connectivity index (χ2v) is 11.6. The molecular weight excluding hydrogens is 550 g/mol. The fourth-order valence-electron chi connectivity index (χ4n) is 2.82. The van der Waals surface area contributed by atoms with Crippen LogP contribution < -0.4 is 15.2 Å². The van der Waals surface area contributed by atoms with E-state index in [2.05, 4.69) is 0 Å². The Morgan fingerprint density at radius 2 is 1.31 bits per heavy atom. The summed E-state index contributed by atoms with van der Waals surface area (Å²) in [5.74, 6) is -0.852. The minimum absolute atomic E-state index is 0.0141. The summed E-state index contributed by atoms with van der Waals surface area (Å²) in [4.78, 5) is 49.3. The van der Waals surface area contributed by atoms with Crippen molar-refractivity contribution < 1.29 is 52.3 Å². The summed E-state index contributed by atoms with van der Waals surface area (Å²) in [5.41, 5.74) is 4.97. The molecule has 3 atom stereocenters. The molecule has 12 heteroatoms. The van der Waals surface area contributed by atoms with E-state index < -0.39 is 47.8 Å². The average Bonchev–Trinajstić information content (AvgIpc) is 2.88. The minimum Gasteiger partial charge on any atom is -0.458 e. The number of benzene rings is 1. The second kappa shape index (κ2) is 16.2. The highest BCUT2D eigenvalue weighted by Gasteiger charge is 2.27. The van der Waals surface area contributed by atoms with Crippen molar-refractivity contribution in [3.63, 3.8) is 0 Å². The van der Waals surface area contributed by atoms with Crippen LogP contribution >= 0.6 is 0 Å². The first-order valence-corrected chi connectivity index (χ1v) is 14.1.